The first-order chi connectivity index (χ1) is 15.4. The van der Waals surface area contributed by atoms with Crippen LogP contribution in [0.3, 0.4) is 0 Å². The molecule has 0 saturated carbocycles. The van der Waals surface area contributed by atoms with Crippen molar-refractivity contribution in [3.63, 3.8) is 0 Å². The van der Waals surface area contributed by atoms with E-state index in [0.29, 0.717) is 17.9 Å². The second-order valence-electron chi connectivity index (χ2n) is 7.21. The van der Waals surface area contributed by atoms with Crippen LogP contribution in [0.5, 0.6) is 5.75 Å². The molecule has 0 aliphatic carbocycles. The number of non-ortho nitro benzene ring substituents is 1. The molecule has 1 aliphatic rings. The maximum Gasteiger partial charge on any atom is 0.295 e. The Morgan fingerprint density at radius 2 is 1.88 bits per heavy atom. The van der Waals surface area contributed by atoms with E-state index >= 15 is 0 Å². The molecule has 0 radical (unpaired) electrons. The average Bonchev–Trinajstić information content (AvgIpc) is 3.06. The Morgan fingerprint density at radius 1 is 1.16 bits per heavy atom. The molecule has 0 aromatic heterocycles. The number of hydrogen-bond acceptors (Lipinski definition) is 7. The molecule has 1 fully saturated rings. The number of likely N-dealkylation sites (tertiary alicyclic amines) is 1. The molecule has 2 aromatic carbocycles. The molecule has 32 heavy (non-hydrogen) atoms. The molecule has 1 heterocycles. The third kappa shape index (κ3) is 4.62. The summed E-state index contributed by atoms with van der Waals surface area (Å²) in [6.07, 6.45) is 0.849. The van der Waals surface area contributed by atoms with Gasteiger partial charge in [0, 0.05) is 31.4 Å². The average molecular weight is 440 g/mol. The summed E-state index contributed by atoms with van der Waals surface area (Å²) in [7, 11) is 1.48. The zero-order valence-electron chi connectivity index (χ0n) is 17.8. The minimum atomic E-state index is -0.871. The normalized spacial score (nSPS) is 17.6. The van der Waals surface area contributed by atoms with Crippen LogP contribution in [0.1, 0.15) is 30.5 Å². The fraction of sp³-hybridized carbons (Fsp3) is 0.304. The Hall–Kier alpha value is -3.72. The van der Waals surface area contributed by atoms with Gasteiger partial charge in [0.1, 0.15) is 11.5 Å². The number of rotatable bonds is 9. The largest absolute Gasteiger partial charge is 0.507 e. The molecule has 0 bridgehead atoms. The standard InChI is InChI=1S/C23H24N2O7/c1-3-12-32-18-9-7-15(8-10-18)20-19(22(27)23(28)24(20)11-13-31-2)21(26)16-5-4-6-17(14-16)25(29)30/h4-10,14,20,26H,3,11-13H2,1-2H3/b21-19-. The molecular formula is C23H24N2O7. The van der Waals surface area contributed by atoms with E-state index in [1.54, 1.807) is 24.3 Å². The van der Waals surface area contributed by atoms with Crippen molar-refractivity contribution in [1.29, 1.82) is 0 Å². The van der Waals surface area contributed by atoms with Gasteiger partial charge in [-0.25, -0.2) is 0 Å². The summed E-state index contributed by atoms with van der Waals surface area (Å²) in [5, 5.41) is 22.1. The molecule has 1 unspecified atom stereocenters. The SMILES string of the molecule is CCCOc1ccc(C2/C(=C(/O)c3cccc([N+](=O)[O-])c3)C(=O)C(=O)N2CCOC)cc1. The van der Waals surface area contributed by atoms with Gasteiger partial charge in [0.25, 0.3) is 17.4 Å². The van der Waals surface area contributed by atoms with Crippen molar-refractivity contribution in [1.82, 2.24) is 4.90 Å². The number of carbonyl (C=O) groups excluding carboxylic acids is 2. The summed E-state index contributed by atoms with van der Waals surface area (Å²) in [4.78, 5) is 37.5. The first kappa shape index (κ1) is 23.0. The van der Waals surface area contributed by atoms with E-state index in [-0.39, 0.29) is 30.0 Å². The fourth-order valence-electron chi connectivity index (χ4n) is 3.54. The third-order valence-electron chi connectivity index (χ3n) is 5.08. The Morgan fingerprint density at radius 3 is 2.50 bits per heavy atom. The quantitative estimate of drug-likeness (QED) is 0.208. The van der Waals surface area contributed by atoms with Crippen molar-refractivity contribution >= 4 is 23.1 Å². The third-order valence-corrected chi connectivity index (χ3v) is 5.08. The molecule has 168 valence electrons. The number of carbonyl (C=O) groups is 2. The van der Waals surface area contributed by atoms with Crippen molar-refractivity contribution in [2.75, 3.05) is 26.9 Å². The van der Waals surface area contributed by atoms with Crippen LogP contribution < -0.4 is 4.74 Å². The number of ketones is 1. The monoisotopic (exact) mass is 440 g/mol. The maximum atomic E-state index is 12.9. The lowest BCUT2D eigenvalue weighted by molar-refractivity contribution is -0.384. The number of methoxy groups -OCH3 is 1. The summed E-state index contributed by atoms with van der Waals surface area (Å²) in [5.74, 6) is -1.46. The molecule has 0 spiro atoms. The number of Topliss-reactive ketones (excluding diaryl/α,β-unsaturated/α-hetero) is 1. The first-order valence-corrected chi connectivity index (χ1v) is 10.1. The summed E-state index contributed by atoms with van der Waals surface area (Å²) in [6, 6.07) is 11.3. The first-order valence-electron chi connectivity index (χ1n) is 10.1. The molecule has 9 heteroatoms. The van der Waals surface area contributed by atoms with Gasteiger partial charge in [0.05, 0.1) is 29.8 Å². The Balaban J connectivity index is 2.10. The summed E-state index contributed by atoms with van der Waals surface area (Å²) in [6.45, 7) is 2.87. The van der Waals surface area contributed by atoms with Crippen molar-refractivity contribution in [3.8, 4) is 5.75 Å². The second kappa shape index (κ2) is 10.1. The number of ether oxygens (including phenoxy) is 2. The highest BCUT2D eigenvalue weighted by Gasteiger charge is 2.45. The minimum absolute atomic E-state index is 0.0804. The van der Waals surface area contributed by atoms with Gasteiger partial charge in [-0.05, 0) is 24.1 Å². The lowest BCUT2D eigenvalue weighted by atomic mass is 9.95. The lowest BCUT2D eigenvalue weighted by Gasteiger charge is -2.25. The van der Waals surface area contributed by atoms with Crippen molar-refractivity contribution < 1.29 is 29.1 Å². The highest BCUT2D eigenvalue weighted by Crippen LogP contribution is 2.40. The van der Waals surface area contributed by atoms with E-state index in [1.165, 1.54) is 30.2 Å². The van der Waals surface area contributed by atoms with Gasteiger partial charge in [0.15, 0.2) is 0 Å². The van der Waals surface area contributed by atoms with Gasteiger partial charge in [-0.15, -0.1) is 0 Å². The number of nitrogens with zero attached hydrogens (tertiary/aromatic N) is 2. The highest BCUT2D eigenvalue weighted by atomic mass is 16.6. The predicted molar refractivity (Wildman–Crippen MR) is 116 cm³/mol. The fourth-order valence-corrected chi connectivity index (χ4v) is 3.54. The zero-order chi connectivity index (χ0) is 23.3. The van der Waals surface area contributed by atoms with Gasteiger partial charge < -0.3 is 19.5 Å². The molecular weight excluding hydrogens is 416 g/mol. The molecule has 1 N–H and O–H groups in total. The Bertz CT molecular complexity index is 1050. The Labute approximate surface area is 185 Å². The van der Waals surface area contributed by atoms with Crippen LogP contribution in [0.15, 0.2) is 54.1 Å². The second-order valence-corrected chi connectivity index (χ2v) is 7.21. The number of benzene rings is 2. The summed E-state index contributed by atoms with van der Waals surface area (Å²) >= 11 is 0. The van der Waals surface area contributed by atoms with Crippen LogP contribution in [0.25, 0.3) is 5.76 Å². The molecule has 1 aliphatic heterocycles. The van der Waals surface area contributed by atoms with Crippen LogP contribution in [0.2, 0.25) is 0 Å². The molecule has 1 amide bonds. The van der Waals surface area contributed by atoms with Gasteiger partial charge in [0.2, 0.25) is 0 Å². The lowest BCUT2D eigenvalue weighted by Crippen LogP contribution is -2.32. The van der Waals surface area contributed by atoms with Crippen molar-refractivity contribution in [2.24, 2.45) is 0 Å². The molecule has 1 saturated heterocycles. The van der Waals surface area contributed by atoms with E-state index in [0.717, 1.165) is 12.5 Å². The van der Waals surface area contributed by atoms with Gasteiger partial charge in [-0.1, -0.05) is 31.2 Å². The van der Waals surface area contributed by atoms with Crippen LogP contribution in [-0.2, 0) is 14.3 Å². The number of nitro benzene ring substituents is 1. The van der Waals surface area contributed by atoms with Crippen LogP contribution in [-0.4, -0.2) is 53.5 Å². The molecule has 2 aromatic rings. The van der Waals surface area contributed by atoms with E-state index in [4.69, 9.17) is 9.47 Å². The van der Waals surface area contributed by atoms with Gasteiger partial charge in [-0.2, -0.15) is 0 Å². The van der Waals surface area contributed by atoms with Crippen LogP contribution >= 0.6 is 0 Å². The number of aliphatic hydroxyl groups excluding tert-OH is 1. The number of aliphatic hydroxyl groups is 1. The molecule has 3 rings (SSSR count). The molecule has 1 atom stereocenters. The van der Waals surface area contributed by atoms with E-state index in [2.05, 4.69) is 0 Å². The van der Waals surface area contributed by atoms with Gasteiger partial charge >= 0.3 is 0 Å². The highest BCUT2D eigenvalue weighted by molar-refractivity contribution is 6.46. The van der Waals surface area contributed by atoms with Gasteiger partial charge in [-0.3, -0.25) is 19.7 Å². The number of hydrogen-bond donors (Lipinski definition) is 1. The topological polar surface area (TPSA) is 119 Å². The number of nitro groups is 1. The Kier molecular flexibility index (Phi) is 7.21. The van der Waals surface area contributed by atoms with E-state index < -0.39 is 28.4 Å². The van der Waals surface area contributed by atoms with Crippen LogP contribution in [0, 0.1) is 10.1 Å². The minimum Gasteiger partial charge on any atom is -0.507 e. The summed E-state index contributed by atoms with van der Waals surface area (Å²) < 4.78 is 10.7. The zero-order valence-corrected chi connectivity index (χ0v) is 17.8. The number of amides is 1. The maximum absolute atomic E-state index is 12.9. The molecule has 9 nitrogen and oxygen atoms in total. The van der Waals surface area contributed by atoms with E-state index in [9.17, 15) is 24.8 Å². The summed E-state index contributed by atoms with van der Waals surface area (Å²) in [5.41, 5.74) is 0.304. The van der Waals surface area contributed by atoms with Crippen molar-refractivity contribution in [2.45, 2.75) is 19.4 Å². The smallest absolute Gasteiger partial charge is 0.295 e. The van der Waals surface area contributed by atoms with E-state index in [1.807, 2.05) is 6.92 Å². The van der Waals surface area contributed by atoms with Crippen molar-refractivity contribution in [3.05, 3.63) is 75.3 Å². The predicted octanol–water partition coefficient (Wildman–Crippen LogP) is 3.45. The van der Waals surface area contributed by atoms with Crippen LogP contribution in [0.4, 0.5) is 5.69 Å².